The van der Waals surface area contributed by atoms with Gasteiger partial charge in [-0.1, -0.05) is 35.0 Å². The molecular formula is C11H16BrNO3S. The van der Waals surface area contributed by atoms with Crippen LogP contribution in [0.2, 0.25) is 0 Å². The number of nitrogens with two attached hydrogens (primary N) is 1. The van der Waals surface area contributed by atoms with Crippen LogP contribution in [0.5, 0.6) is 0 Å². The van der Waals surface area contributed by atoms with Gasteiger partial charge < -0.3 is 10.8 Å². The number of benzene rings is 1. The van der Waals surface area contributed by atoms with Gasteiger partial charge in [-0.15, -0.1) is 0 Å². The van der Waals surface area contributed by atoms with Gasteiger partial charge >= 0.3 is 0 Å². The van der Waals surface area contributed by atoms with E-state index in [-0.39, 0.29) is 6.42 Å². The highest BCUT2D eigenvalue weighted by molar-refractivity contribution is 9.11. The Balaban J connectivity index is 3.24. The number of aliphatic hydroxyl groups excluding tert-OH is 1. The second-order valence-electron chi connectivity index (χ2n) is 3.98. The third-order valence-electron chi connectivity index (χ3n) is 2.73. The zero-order valence-electron chi connectivity index (χ0n) is 9.72. The van der Waals surface area contributed by atoms with Crippen LogP contribution in [-0.2, 0) is 9.84 Å². The Bertz CT molecular complexity index is 503. The van der Waals surface area contributed by atoms with E-state index in [1.807, 2.05) is 0 Å². The molecule has 0 bridgehead atoms. The zero-order valence-corrected chi connectivity index (χ0v) is 12.1. The lowest BCUT2D eigenvalue weighted by Gasteiger charge is -2.30. The van der Waals surface area contributed by atoms with E-state index in [4.69, 9.17) is 5.73 Å². The normalized spacial score (nSPS) is 17.4. The largest absolute Gasteiger partial charge is 0.399 e. The lowest BCUT2D eigenvalue weighted by atomic mass is 10.0. The summed E-state index contributed by atoms with van der Waals surface area (Å²) >= 11 is 3.15. The number of aliphatic hydroxyl groups is 1. The van der Waals surface area contributed by atoms with Gasteiger partial charge in [-0.3, -0.25) is 0 Å². The van der Waals surface area contributed by atoms with Gasteiger partial charge in [0.1, 0.15) is 6.10 Å². The first kappa shape index (κ1) is 14.5. The van der Waals surface area contributed by atoms with Crippen LogP contribution < -0.4 is 5.73 Å². The van der Waals surface area contributed by atoms with E-state index in [0.717, 1.165) is 6.26 Å². The third kappa shape index (κ3) is 2.81. The van der Waals surface area contributed by atoms with Gasteiger partial charge in [-0.2, -0.15) is 0 Å². The topological polar surface area (TPSA) is 80.4 Å². The molecule has 1 aromatic rings. The summed E-state index contributed by atoms with van der Waals surface area (Å²) in [6.45, 7) is 1.70. The highest BCUT2D eigenvalue weighted by Crippen LogP contribution is 2.41. The highest BCUT2D eigenvalue weighted by atomic mass is 79.9. The van der Waals surface area contributed by atoms with Crippen molar-refractivity contribution in [2.45, 2.75) is 23.1 Å². The van der Waals surface area contributed by atoms with Crippen molar-refractivity contribution >= 4 is 31.5 Å². The first-order valence-corrected chi connectivity index (χ1v) is 7.83. The van der Waals surface area contributed by atoms with Crippen molar-refractivity contribution in [3.63, 3.8) is 0 Å². The maximum Gasteiger partial charge on any atom is 0.166 e. The number of anilines is 1. The van der Waals surface area contributed by atoms with Crippen molar-refractivity contribution in [3.05, 3.63) is 29.8 Å². The molecule has 96 valence electrons. The molecule has 0 spiro atoms. The van der Waals surface area contributed by atoms with Crippen LogP contribution in [0.25, 0.3) is 0 Å². The summed E-state index contributed by atoms with van der Waals surface area (Å²) in [7, 11) is -3.45. The molecule has 1 aromatic carbocycles. The van der Waals surface area contributed by atoms with E-state index in [9.17, 15) is 13.5 Å². The highest BCUT2D eigenvalue weighted by Gasteiger charge is 2.44. The number of halogens is 1. The Hall–Kier alpha value is -0.590. The molecule has 17 heavy (non-hydrogen) atoms. The van der Waals surface area contributed by atoms with E-state index in [0.29, 0.717) is 11.3 Å². The molecule has 0 radical (unpaired) electrons. The van der Waals surface area contributed by atoms with Gasteiger partial charge in [0.05, 0.1) is 0 Å². The van der Waals surface area contributed by atoms with Crippen molar-refractivity contribution in [3.8, 4) is 0 Å². The van der Waals surface area contributed by atoms with E-state index in [1.165, 1.54) is 0 Å². The second kappa shape index (κ2) is 4.96. The number of hydrogen-bond donors (Lipinski definition) is 2. The predicted molar refractivity (Wildman–Crippen MR) is 72.6 cm³/mol. The van der Waals surface area contributed by atoms with E-state index in [2.05, 4.69) is 15.9 Å². The molecule has 1 rings (SSSR count). The summed E-state index contributed by atoms with van der Waals surface area (Å²) in [5.41, 5.74) is 6.58. The average Bonchev–Trinajstić information content (AvgIpc) is 2.25. The molecule has 6 heteroatoms. The minimum Gasteiger partial charge on any atom is -0.399 e. The van der Waals surface area contributed by atoms with Crippen molar-refractivity contribution < 1.29 is 13.5 Å². The Kier molecular flexibility index (Phi) is 4.22. The van der Waals surface area contributed by atoms with Gasteiger partial charge in [-0.05, 0) is 24.1 Å². The van der Waals surface area contributed by atoms with Gasteiger partial charge in [0.25, 0.3) is 0 Å². The number of sulfone groups is 1. The second-order valence-corrected chi connectivity index (χ2v) is 8.20. The van der Waals surface area contributed by atoms with Crippen LogP contribution in [0.4, 0.5) is 5.69 Å². The molecule has 0 heterocycles. The van der Waals surface area contributed by atoms with E-state index < -0.39 is 19.6 Å². The average molecular weight is 322 g/mol. The third-order valence-corrected chi connectivity index (χ3v) is 7.24. The lowest BCUT2D eigenvalue weighted by Crippen LogP contribution is -2.37. The van der Waals surface area contributed by atoms with Crippen LogP contribution >= 0.6 is 15.9 Å². The van der Waals surface area contributed by atoms with Crippen LogP contribution in [-0.4, -0.2) is 23.4 Å². The Morgan fingerprint density at radius 3 is 2.53 bits per heavy atom. The Morgan fingerprint density at radius 2 is 2.12 bits per heavy atom. The molecule has 0 saturated heterocycles. The lowest BCUT2D eigenvalue weighted by molar-refractivity contribution is 0.160. The molecule has 0 aliphatic carbocycles. The fourth-order valence-corrected chi connectivity index (χ4v) is 2.97. The smallest absolute Gasteiger partial charge is 0.166 e. The maximum atomic E-state index is 11.7. The first-order valence-electron chi connectivity index (χ1n) is 5.14. The van der Waals surface area contributed by atoms with Crippen LogP contribution in [0.1, 0.15) is 25.0 Å². The first-order chi connectivity index (χ1) is 7.72. The summed E-state index contributed by atoms with van der Waals surface area (Å²) in [6.07, 6.45) is 0.189. The molecule has 0 saturated carbocycles. The molecular weight excluding hydrogens is 306 g/mol. The molecule has 0 aliphatic heterocycles. The molecule has 2 atom stereocenters. The predicted octanol–water partition coefficient (Wildman–Crippen LogP) is 1.85. The molecule has 0 aliphatic rings. The van der Waals surface area contributed by atoms with Gasteiger partial charge in [0, 0.05) is 11.9 Å². The number of rotatable bonds is 4. The van der Waals surface area contributed by atoms with Crippen molar-refractivity contribution in [1.82, 2.24) is 0 Å². The molecule has 3 N–H and O–H groups in total. The SMILES string of the molecule is CC[C@](Br)([C@H](O)c1cccc(N)c1)S(C)(=O)=O. The molecule has 0 aromatic heterocycles. The van der Waals surface area contributed by atoms with Crippen LogP contribution in [0, 0.1) is 0 Å². The summed E-state index contributed by atoms with van der Waals surface area (Å²) < 4.78 is 22.1. The van der Waals surface area contributed by atoms with Crippen molar-refractivity contribution in [2.24, 2.45) is 0 Å². The molecule has 0 fully saturated rings. The fraction of sp³-hybridized carbons (Fsp3) is 0.455. The zero-order chi connectivity index (χ0) is 13.3. The summed E-state index contributed by atoms with van der Waals surface area (Å²) in [4.78, 5) is 0. The summed E-state index contributed by atoms with van der Waals surface area (Å²) in [5.74, 6) is 0. The van der Waals surface area contributed by atoms with Crippen molar-refractivity contribution in [2.75, 3.05) is 12.0 Å². The summed E-state index contributed by atoms with van der Waals surface area (Å²) in [5, 5.41) is 10.2. The van der Waals surface area contributed by atoms with Gasteiger partial charge in [0.2, 0.25) is 0 Å². The molecule has 0 unspecified atom stereocenters. The molecule has 4 nitrogen and oxygen atoms in total. The van der Waals surface area contributed by atoms with E-state index >= 15 is 0 Å². The quantitative estimate of drug-likeness (QED) is 0.655. The minimum absolute atomic E-state index is 0.252. The summed E-state index contributed by atoms with van der Waals surface area (Å²) in [6, 6.07) is 6.58. The molecule has 0 amide bonds. The van der Waals surface area contributed by atoms with Crippen LogP contribution in [0.15, 0.2) is 24.3 Å². The standard InChI is InChI=1S/C11H16BrNO3S/c1-3-11(12,17(2,15)16)10(14)8-5-4-6-9(13)7-8/h4-7,10,14H,3,13H2,1-2H3/t10-,11-/m1/s1. The monoisotopic (exact) mass is 321 g/mol. The fourth-order valence-electron chi connectivity index (χ4n) is 1.64. The van der Waals surface area contributed by atoms with Crippen LogP contribution in [0.3, 0.4) is 0 Å². The number of nitrogen functional groups attached to an aromatic ring is 1. The maximum absolute atomic E-state index is 11.7. The number of alkyl halides is 1. The van der Waals surface area contributed by atoms with Gasteiger partial charge in [0.15, 0.2) is 13.5 Å². The van der Waals surface area contributed by atoms with Crippen molar-refractivity contribution in [1.29, 1.82) is 0 Å². The van der Waals surface area contributed by atoms with E-state index in [1.54, 1.807) is 31.2 Å². The number of hydrogen-bond acceptors (Lipinski definition) is 4. The Labute approximate surface area is 110 Å². The minimum atomic E-state index is -3.45. The van der Waals surface area contributed by atoms with Gasteiger partial charge in [-0.25, -0.2) is 8.42 Å². The Morgan fingerprint density at radius 1 is 1.53 bits per heavy atom.